The predicted octanol–water partition coefficient (Wildman–Crippen LogP) is 2.78. The molecule has 0 bridgehead atoms. The number of halogens is 2. The molecule has 228 valence electrons. The van der Waals surface area contributed by atoms with Gasteiger partial charge in [0.1, 0.15) is 35.8 Å². The lowest BCUT2D eigenvalue weighted by Gasteiger charge is -2.43. The molecule has 0 saturated carbocycles. The van der Waals surface area contributed by atoms with Crippen LogP contribution in [0.25, 0.3) is 11.3 Å². The third-order valence-electron chi connectivity index (χ3n) is 8.01. The van der Waals surface area contributed by atoms with E-state index in [4.69, 9.17) is 18.7 Å². The molecule has 1 amide bonds. The predicted molar refractivity (Wildman–Crippen MR) is 142 cm³/mol. The van der Waals surface area contributed by atoms with E-state index in [9.17, 15) is 23.8 Å². The van der Waals surface area contributed by atoms with Crippen LogP contribution < -0.4 is 0 Å². The van der Waals surface area contributed by atoms with Crippen molar-refractivity contribution in [2.24, 2.45) is 0 Å². The van der Waals surface area contributed by atoms with Crippen LogP contribution >= 0.6 is 0 Å². The largest absolute Gasteiger partial charge is 0.450 e. The minimum Gasteiger partial charge on any atom is -0.450 e. The molecule has 14 heteroatoms. The van der Waals surface area contributed by atoms with Gasteiger partial charge >= 0.3 is 6.09 Å². The first-order chi connectivity index (χ1) is 20.2. The molecule has 42 heavy (non-hydrogen) atoms. The first kappa shape index (κ1) is 30.0. The van der Waals surface area contributed by atoms with E-state index in [0.29, 0.717) is 44.0 Å². The Labute approximate surface area is 241 Å². The van der Waals surface area contributed by atoms with E-state index in [0.717, 1.165) is 0 Å². The highest BCUT2D eigenvalue weighted by molar-refractivity contribution is 5.67. The number of nitrogens with zero attached hydrogens (tertiary/aromatic N) is 5. The topological polar surface area (TPSA) is 145 Å². The van der Waals surface area contributed by atoms with Gasteiger partial charge in [-0.1, -0.05) is 16.4 Å². The number of amides is 1. The maximum atomic E-state index is 14.6. The number of benzene rings is 1. The van der Waals surface area contributed by atoms with E-state index >= 15 is 0 Å². The second kappa shape index (κ2) is 12.8. The normalized spacial score (nSPS) is 25.1. The van der Waals surface area contributed by atoms with Crippen LogP contribution in [0, 0.1) is 18.6 Å². The SMILES string of the molecule is CCOC(=O)N1CCC(c2cc(C[C@H]3O[C@H](CO)[C@H](O)[C@H](n4cc(-c5ccc(C)c(F)c5F)nn4)[C@H]3OC)no2)CC1. The Morgan fingerprint density at radius 1 is 1.19 bits per heavy atom. The molecule has 3 aromatic rings. The first-order valence-corrected chi connectivity index (χ1v) is 14.0. The van der Waals surface area contributed by atoms with Gasteiger partial charge in [-0.3, -0.25) is 0 Å². The van der Waals surface area contributed by atoms with Gasteiger partial charge in [-0.05, 0) is 38.3 Å². The number of likely N-dealkylation sites (tertiary alicyclic amines) is 1. The second-order valence-corrected chi connectivity index (χ2v) is 10.6. The Hall–Kier alpha value is -3.46. The summed E-state index contributed by atoms with van der Waals surface area (Å²) >= 11 is 0. The summed E-state index contributed by atoms with van der Waals surface area (Å²) in [5.74, 6) is -1.23. The van der Waals surface area contributed by atoms with E-state index < -0.39 is 48.7 Å². The van der Waals surface area contributed by atoms with Gasteiger partial charge in [0.15, 0.2) is 11.6 Å². The van der Waals surface area contributed by atoms with Crippen molar-refractivity contribution >= 4 is 6.09 Å². The molecule has 0 unspecified atom stereocenters. The van der Waals surface area contributed by atoms with Crippen molar-refractivity contribution in [2.75, 3.05) is 33.4 Å². The Bertz CT molecular complexity index is 1380. The van der Waals surface area contributed by atoms with Crippen molar-refractivity contribution in [2.45, 2.75) is 69.5 Å². The van der Waals surface area contributed by atoms with Crippen molar-refractivity contribution in [1.82, 2.24) is 25.1 Å². The first-order valence-electron chi connectivity index (χ1n) is 14.0. The maximum absolute atomic E-state index is 14.6. The van der Waals surface area contributed by atoms with Crippen LogP contribution in [-0.4, -0.2) is 99.2 Å². The Balaban J connectivity index is 1.32. The number of aliphatic hydroxyl groups is 2. The zero-order chi connectivity index (χ0) is 30.0. The van der Waals surface area contributed by atoms with Crippen molar-refractivity contribution in [3.63, 3.8) is 0 Å². The number of aryl methyl sites for hydroxylation is 1. The van der Waals surface area contributed by atoms with Crippen LogP contribution in [0.3, 0.4) is 0 Å². The summed E-state index contributed by atoms with van der Waals surface area (Å²) in [6.07, 6.45) is -0.947. The zero-order valence-corrected chi connectivity index (χ0v) is 23.7. The van der Waals surface area contributed by atoms with Crippen LogP contribution in [0.2, 0.25) is 0 Å². The third kappa shape index (κ3) is 5.89. The Kier molecular flexibility index (Phi) is 9.16. The highest BCUT2D eigenvalue weighted by Crippen LogP contribution is 2.35. The average molecular weight is 592 g/mol. The number of piperidine rings is 1. The lowest BCUT2D eigenvalue weighted by molar-refractivity contribution is -0.212. The molecule has 2 saturated heterocycles. The minimum absolute atomic E-state index is 0.0710. The number of ether oxygens (including phenoxy) is 3. The highest BCUT2D eigenvalue weighted by Gasteiger charge is 2.47. The summed E-state index contributed by atoms with van der Waals surface area (Å²) < 4.78 is 52.7. The number of carbonyl (C=O) groups is 1. The number of methoxy groups -OCH3 is 1. The summed E-state index contributed by atoms with van der Waals surface area (Å²) in [7, 11) is 1.46. The molecule has 0 aliphatic carbocycles. The molecule has 2 aliphatic rings. The van der Waals surface area contributed by atoms with E-state index in [2.05, 4.69) is 15.5 Å². The van der Waals surface area contributed by atoms with E-state index in [-0.39, 0.29) is 35.3 Å². The fourth-order valence-corrected chi connectivity index (χ4v) is 5.70. The lowest BCUT2D eigenvalue weighted by Crippen LogP contribution is -2.57. The zero-order valence-electron chi connectivity index (χ0n) is 23.7. The molecule has 1 aromatic carbocycles. The molecule has 0 spiro atoms. The molecule has 5 rings (SSSR count). The fraction of sp³-hybridized carbons (Fsp3) is 0.571. The summed E-state index contributed by atoms with van der Waals surface area (Å²) in [6, 6.07) is 3.83. The van der Waals surface area contributed by atoms with Crippen LogP contribution in [0.15, 0.2) is 28.9 Å². The summed E-state index contributed by atoms with van der Waals surface area (Å²) in [4.78, 5) is 13.7. The van der Waals surface area contributed by atoms with Gasteiger partial charge in [0, 0.05) is 44.2 Å². The van der Waals surface area contributed by atoms with Gasteiger partial charge in [-0.15, -0.1) is 5.10 Å². The number of hydrogen-bond donors (Lipinski definition) is 2. The van der Waals surface area contributed by atoms with Crippen LogP contribution in [0.5, 0.6) is 0 Å². The van der Waals surface area contributed by atoms with Gasteiger partial charge in [0.2, 0.25) is 0 Å². The molecule has 2 fully saturated rings. The van der Waals surface area contributed by atoms with Crippen molar-refractivity contribution < 1.29 is 42.5 Å². The fourth-order valence-electron chi connectivity index (χ4n) is 5.70. The molecule has 0 radical (unpaired) electrons. The molecule has 2 aromatic heterocycles. The molecule has 2 N–H and O–H groups in total. The van der Waals surface area contributed by atoms with Gasteiger partial charge in [-0.2, -0.15) is 0 Å². The third-order valence-corrected chi connectivity index (χ3v) is 8.01. The van der Waals surface area contributed by atoms with Crippen LogP contribution in [0.1, 0.15) is 48.7 Å². The smallest absolute Gasteiger partial charge is 0.409 e. The molecule has 5 atom stereocenters. The second-order valence-electron chi connectivity index (χ2n) is 10.6. The molecular weight excluding hydrogens is 556 g/mol. The summed E-state index contributed by atoms with van der Waals surface area (Å²) in [5, 5.41) is 33.4. The average Bonchev–Trinajstić information content (AvgIpc) is 3.67. The number of aliphatic hydroxyl groups excluding tert-OH is 2. The Morgan fingerprint density at radius 3 is 2.64 bits per heavy atom. The quantitative estimate of drug-likeness (QED) is 0.401. The standard InChI is InChI=1S/C28H35F2N5O7/c1-4-40-28(38)34-9-7-16(8-10-34)20-11-17(32-42-20)12-21-27(39-3)25(26(37)22(14-36)41-21)35-13-19(31-33-35)18-6-5-15(2)23(29)24(18)30/h5-6,11,13,16,21-22,25-27,36-37H,4,7-10,12,14H2,1-3H3/t21-,22-,25+,26+,27+/m1/s1. The molecular formula is C28H35F2N5O7. The van der Waals surface area contributed by atoms with Gasteiger partial charge < -0.3 is 33.8 Å². The highest BCUT2D eigenvalue weighted by atomic mass is 19.2. The van der Waals surface area contributed by atoms with E-state index in [1.807, 2.05) is 6.07 Å². The van der Waals surface area contributed by atoms with Crippen molar-refractivity contribution in [3.8, 4) is 11.3 Å². The van der Waals surface area contributed by atoms with Gasteiger partial charge in [0.25, 0.3) is 0 Å². The molecule has 2 aliphatic heterocycles. The number of aromatic nitrogens is 4. The minimum atomic E-state index is -1.25. The van der Waals surface area contributed by atoms with Crippen LogP contribution in [0.4, 0.5) is 13.6 Å². The summed E-state index contributed by atoms with van der Waals surface area (Å²) in [5.41, 5.74) is 0.758. The van der Waals surface area contributed by atoms with E-state index in [1.54, 1.807) is 11.8 Å². The van der Waals surface area contributed by atoms with Crippen molar-refractivity contribution in [3.05, 3.63) is 53.0 Å². The maximum Gasteiger partial charge on any atom is 0.409 e. The number of rotatable bonds is 8. The van der Waals surface area contributed by atoms with Crippen LogP contribution in [-0.2, 0) is 20.6 Å². The monoisotopic (exact) mass is 591 g/mol. The van der Waals surface area contributed by atoms with Gasteiger partial charge in [-0.25, -0.2) is 18.3 Å². The van der Waals surface area contributed by atoms with E-state index in [1.165, 1.54) is 37.0 Å². The van der Waals surface area contributed by atoms with Crippen molar-refractivity contribution in [1.29, 1.82) is 0 Å². The lowest BCUT2D eigenvalue weighted by atomic mass is 9.89. The molecule has 12 nitrogen and oxygen atoms in total. The number of hydrogen-bond acceptors (Lipinski definition) is 10. The summed E-state index contributed by atoms with van der Waals surface area (Å²) in [6.45, 7) is 4.18. The van der Waals surface area contributed by atoms with Gasteiger partial charge in [0.05, 0.1) is 31.2 Å². The molecule has 4 heterocycles. The Morgan fingerprint density at radius 2 is 1.95 bits per heavy atom. The number of carbonyl (C=O) groups excluding carboxylic acids is 1.